The third-order valence-corrected chi connectivity index (χ3v) is 4.41. The van der Waals surface area contributed by atoms with Crippen molar-refractivity contribution in [1.29, 1.82) is 0 Å². The summed E-state index contributed by atoms with van der Waals surface area (Å²) in [5.74, 6) is 1.14. The Morgan fingerprint density at radius 2 is 2.25 bits per heavy atom. The number of hydrogen-bond acceptors (Lipinski definition) is 5. The van der Waals surface area contributed by atoms with Gasteiger partial charge in [-0.2, -0.15) is 9.61 Å². The molecule has 1 unspecified atom stereocenters. The smallest absolute Gasteiger partial charge is 0.157 e. The minimum atomic E-state index is 0.206. The summed E-state index contributed by atoms with van der Waals surface area (Å²) in [7, 11) is 0. The summed E-state index contributed by atoms with van der Waals surface area (Å²) in [6.07, 6.45) is 4.79. The second kappa shape index (κ2) is 4.71. The van der Waals surface area contributed by atoms with Crippen molar-refractivity contribution in [2.45, 2.75) is 25.3 Å². The van der Waals surface area contributed by atoms with E-state index in [4.69, 9.17) is 4.98 Å². The van der Waals surface area contributed by atoms with E-state index >= 15 is 0 Å². The molecule has 2 aliphatic heterocycles. The van der Waals surface area contributed by atoms with Crippen molar-refractivity contribution >= 4 is 11.5 Å². The summed E-state index contributed by atoms with van der Waals surface area (Å²) in [5, 5.41) is 17.4. The molecule has 0 saturated carbocycles. The lowest BCUT2D eigenvalue weighted by Crippen LogP contribution is -2.51. The molecule has 2 aromatic heterocycles. The Kier molecular flexibility index (Phi) is 2.85. The number of aliphatic hydroxyl groups is 1. The second-order valence-corrected chi connectivity index (χ2v) is 5.53. The van der Waals surface area contributed by atoms with Gasteiger partial charge in [0, 0.05) is 31.1 Å². The molecule has 0 bridgehead atoms. The van der Waals surface area contributed by atoms with Crippen LogP contribution in [0.15, 0.2) is 12.3 Å². The number of fused-ring (bicyclic) bond motifs is 2. The molecule has 106 valence electrons. The van der Waals surface area contributed by atoms with Gasteiger partial charge in [0.1, 0.15) is 5.82 Å². The lowest BCUT2D eigenvalue weighted by atomic mass is 10.0. The van der Waals surface area contributed by atoms with Crippen molar-refractivity contribution in [1.82, 2.24) is 19.9 Å². The van der Waals surface area contributed by atoms with E-state index in [0.717, 1.165) is 50.4 Å². The van der Waals surface area contributed by atoms with Crippen LogP contribution >= 0.6 is 0 Å². The zero-order chi connectivity index (χ0) is 13.5. The Hall–Kier alpha value is -1.66. The average molecular weight is 273 g/mol. The van der Waals surface area contributed by atoms with Gasteiger partial charge < -0.3 is 15.3 Å². The molecule has 1 fully saturated rings. The molecule has 2 aromatic rings. The van der Waals surface area contributed by atoms with Gasteiger partial charge in [-0.25, -0.2) is 4.98 Å². The molecular weight excluding hydrogens is 254 g/mol. The van der Waals surface area contributed by atoms with Crippen LogP contribution in [-0.2, 0) is 12.8 Å². The van der Waals surface area contributed by atoms with E-state index in [-0.39, 0.29) is 12.6 Å². The number of anilines is 1. The maximum atomic E-state index is 9.50. The predicted molar refractivity (Wildman–Crippen MR) is 76.1 cm³/mol. The number of rotatable bonds is 2. The van der Waals surface area contributed by atoms with Crippen LogP contribution in [0.25, 0.3) is 5.65 Å². The summed E-state index contributed by atoms with van der Waals surface area (Å²) in [6, 6.07) is 2.18. The zero-order valence-electron chi connectivity index (χ0n) is 11.4. The highest BCUT2D eigenvalue weighted by molar-refractivity contribution is 5.59. The molecule has 4 heterocycles. The van der Waals surface area contributed by atoms with Crippen molar-refractivity contribution in [3.8, 4) is 0 Å². The number of aromatic nitrogens is 3. The van der Waals surface area contributed by atoms with Crippen molar-refractivity contribution in [3.05, 3.63) is 23.5 Å². The van der Waals surface area contributed by atoms with E-state index < -0.39 is 0 Å². The van der Waals surface area contributed by atoms with E-state index in [1.165, 1.54) is 11.3 Å². The maximum absolute atomic E-state index is 9.50. The summed E-state index contributed by atoms with van der Waals surface area (Å²) in [6.45, 7) is 3.15. The van der Waals surface area contributed by atoms with Crippen LogP contribution in [0.1, 0.15) is 17.7 Å². The summed E-state index contributed by atoms with van der Waals surface area (Å²) < 4.78 is 1.94. The SMILES string of the molecule is OCC1CCN1c1c2c(nc3ccnn13)CCNCC2. The second-order valence-electron chi connectivity index (χ2n) is 5.53. The van der Waals surface area contributed by atoms with Gasteiger partial charge in [0.25, 0.3) is 0 Å². The van der Waals surface area contributed by atoms with Gasteiger partial charge in [0.2, 0.25) is 0 Å². The molecule has 4 rings (SSSR count). The molecule has 0 aliphatic carbocycles. The largest absolute Gasteiger partial charge is 0.394 e. The van der Waals surface area contributed by atoms with Crippen LogP contribution in [0.4, 0.5) is 5.82 Å². The first kappa shape index (κ1) is 12.1. The van der Waals surface area contributed by atoms with E-state index in [9.17, 15) is 5.11 Å². The van der Waals surface area contributed by atoms with Gasteiger partial charge in [-0.1, -0.05) is 0 Å². The molecule has 6 heteroatoms. The molecule has 0 radical (unpaired) electrons. The highest BCUT2D eigenvalue weighted by Crippen LogP contribution is 2.32. The van der Waals surface area contributed by atoms with Crippen LogP contribution in [0.3, 0.4) is 0 Å². The molecule has 0 spiro atoms. The lowest BCUT2D eigenvalue weighted by molar-refractivity contribution is 0.225. The number of nitrogens with one attached hydrogen (secondary N) is 1. The van der Waals surface area contributed by atoms with Crippen molar-refractivity contribution in [3.63, 3.8) is 0 Å². The Labute approximate surface area is 117 Å². The maximum Gasteiger partial charge on any atom is 0.157 e. The number of hydrogen-bond donors (Lipinski definition) is 2. The van der Waals surface area contributed by atoms with E-state index in [1.807, 2.05) is 10.6 Å². The minimum Gasteiger partial charge on any atom is -0.394 e. The summed E-state index contributed by atoms with van der Waals surface area (Å²) in [4.78, 5) is 7.04. The highest BCUT2D eigenvalue weighted by Gasteiger charge is 2.32. The summed E-state index contributed by atoms with van der Waals surface area (Å²) >= 11 is 0. The first-order chi connectivity index (χ1) is 9.88. The Bertz CT molecular complexity index is 636. The lowest BCUT2D eigenvalue weighted by Gasteiger charge is -2.42. The fraction of sp³-hybridized carbons (Fsp3) is 0.571. The van der Waals surface area contributed by atoms with Gasteiger partial charge in [0.05, 0.1) is 24.5 Å². The zero-order valence-corrected chi connectivity index (χ0v) is 11.4. The fourth-order valence-corrected chi connectivity index (χ4v) is 3.22. The molecule has 0 amide bonds. The van der Waals surface area contributed by atoms with Crippen LogP contribution in [0.5, 0.6) is 0 Å². The van der Waals surface area contributed by atoms with E-state index in [0.29, 0.717) is 0 Å². The summed E-state index contributed by atoms with van der Waals surface area (Å²) in [5.41, 5.74) is 3.38. The van der Waals surface area contributed by atoms with Gasteiger partial charge in [0.15, 0.2) is 5.65 Å². The van der Waals surface area contributed by atoms with Crippen LogP contribution < -0.4 is 10.2 Å². The minimum absolute atomic E-state index is 0.206. The Morgan fingerprint density at radius 1 is 1.35 bits per heavy atom. The molecule has 6 nitrogen and oxygen atoms in total. The van der Waals surface area contributed by atoms with Crippen molar-refractivity contribution in [2.75, 3.05) is 31.1 Å². The predicted octanol–water partition coefficient (Wildman–Crippen LogP) is -0.0115. The van der Waals surface area contributed by atoms with E-state index in [1.54, 1.807) is 6.20 Å². The molecule has 20 heavy (non-hydrogen) atoms. The molecular formula is C14H19N5O. The van der Waals surface area contributed by atoms with Gasteiger partial charge >= 0.3 is 0 Å². The normalized spacial score (nSPS) is 22.4. The van der Waals surface area contributed by atoms with Crippen LogP contribution in [0.2, 0.25) is 0 Å². The third-order valence-electron chi connectivity index (χ3n) is 4.41. The highest BCUT2D eigenvalue weighted by atomic mass is 16.3. The number of aliphatic hydroxyl groups excluding tert-OH is 1. The number of nitrogens with zero attached hydrogens (tertiary/aromatic N) is 4. The molecule has 0 aromatic carbocycles. The fourth-order valence-electron chi connectivity index (χ4n) is 3.22. The van der Waals surface area contributed by atoms with Crippen LogP contribution in [-0.4, -0.2) is 52.0 Å². The van der Waals surface area contributed by atoms with E-state index in [2.05, 4.69) is 15.3 Å². The molecule has 1 saturated heterocycles. The van der Waals surface area contributed by atoms with Gasteiger partial charge in [-0.05, 0) is 19.4 Å². The van der Waals surface area contributed by atoms with Gasteiger partial charge in [-0.3, -0.25) is 0 Å². The quantitative estimate of drug-likeness (QED) is 0.805. The third kappa shape index (κ3) is 1.72. The van der Waals surface area contributed by atoms with Gasteiger partial charge in [-0.15, -0.1) is 0 Å². The Morgan fingerprint density at radius 3 is 3.05 bits per heavy atom. The first-order valence-electron chi connectivity index (χ1n) is 7.32. The molecule has 2 N–H and O–H groups in total. The Balaban J connectivity index is 1.91. The van der Waals surface area contributed by atoms with Crippen molar-refractivity contribution in [2.24, 2.45) is 0 Å². The standard InChI is InChI=1S/C14H19N5O/c20-9-10-4-8-18(10)14-11-1-5-15-6-2-12(11)17-13-3-7-16-19(13)14/h3,7,10,15,20H,1-2,4-6,8-9H2. The van der Waals surface area contributed by atoms with Crippen molar-refractivity contribution < 1.29 is 5.11 Å². The molecule has 2 aliphatic rings. The average Bonchev–Trinajstić information content (AvgIpc) is 2.75. The first-order valence-corrected chi connectivity index (χ1v) is 7.32. The monoisotopic (exact) mass is 273 g/mol. The molecule has 1 atom stereocenters. The van der Waals surface area contributed by atoms with Crippen LogP contribution in [0, 0.1) is 0 Å². The topological polar surface area (TPSA) is 65.7 Å².